The Balaban J connectivity index is 1.68. The molecule has 0 saturated heterocycles. The lowest BCUT2D eigenvalue weighted by molar-refractivity contribution is -0.126. The lowest BCUT2D eigenvalue weighted by Gasteiger charge is -2.25. The molecular formula is C20H23NO2. The highest BCUT2D eigenvalue weighted by Gasteiger charge is 2.35. The van der Waals surface area contributed by atoms with Crippen LogP contribution < -0.4 is 5.32 Å². The summed E-state index contributed by atoms with van der Waals surface area (Å²) in [4.78, 5) is 12.5. The zero-order chi connectivity index (χ0) is 16.3. The number of aliphatic hydroxyl groups is 1. The van der Waals surface area contributed by atoms with E-state index in [4.69, 9.17) is 0 Å². The number of amides is 1. The standard InChI is InChI=1S/C20H23NO2/c1-20(23,17-10-6-3-7-11-17)14-18(22)21-19(16-12-13-16)15-8-4-2-5-9-15/h2-11,16,19,23H,12-14H2,1H3,(H,21,22). The first-order chi connectivity index (χ1) is 11.1. The number of carbonyl (C=O) groups excluding carboxylic acids is 1. The third kappa shape index (κ3) is 3.99. The van der Waals surface area contributed by atoms with Crippen molar-refractivity contribution in [1.82, 2.24) is 5.32 Å². The Hall–Kier alpha value is -2.13. The molecule has 120 valence electrons. The molecule has 0 aromatic heterocycles. The molecule has 2 atom stereocenters. The molecule has 0 bridgehead atoms. The maximum Gasteiger partial charge on any atom is 0.223 e. The van der Waals surface area contributed by atoms with Crippen LogP contribution in [-0.4, -0.2) is 11.0 Å². The fourth-order valence-electron chi connectivity index (χ4n) is 3.00. The van der Waals surface area contributed by atoms with Gasteiger partial charge in [0.2, 0.25) is 5.91 Å². The summed E-state index contributed by atoms with van der Waals surface area (Å²) in [6.45, 7) is 1.69. The summed E-state index contributed by atoms with van der Waals surface area (Å²) in [5, 5.41) is 13.8. The van der Waals surface area contributed by atoms with E-state index in [2.05, 4.69) is 17.4 Å². The zero-order valence-corrected chi connectivity index (χ0v) is 13.4. The molecule has 0 aliphatic heterocycles. The number of hydrogen-bond acceptors (Lipinski definition) is 2. The number of hydrogen-bond donors (Lipinski definition) is 2. The smallest absolute Gasteiger partial charge is 0.223 e. The van der Waals surface area contributed by atoms with Gasteiger partial charge in [0.1, 0.15) is 0 Å². The van der Waals surface area contributed by atoms with Crippen LogP contribution in [0.25, 0.3) is 0 Å². The van der Waals surface area contributed by atoms with Gasteiger partial charge in [0, 0.05) is 0 Å². The van der Waals surface area contributed by atoms with Crippen LogP contribution in [0.5, 0.6) is 0 Å². The Morgan fingerprint density at radius 1 is 1.13 bits per heavy atom. The second kappa shape index (κ2) is 6.55. The minimum Gasteiger partial charge on any atom is -0.385 e. The molecule has 1 fully saturated rings. The van der Waals surface area contributed by atoms with Gasteiger partial charge in [-0.3, -0.25) is 4.79 Å². The third-order valence-corrected chi connectivity index (χ3v) is 4.47. The van der Waals surface area contributed by atoms with E-state index in [9.17, 15) is 9.90 Å². The molecule has 3 heteroatoms. The van der Waals surface area contributed by atoms with Gasteiger partial charge in [0.05, 0.1) is 18.1 Å². The van der Waals surface area contributed by atoms with Crippen LogP contribution in [-0.2, 0) is 10.4 Å². The summed E-state index contributed by atoms with van der Waals surface area (Å²) in [7, 11) is 0. The predicted molar refractivity (Wildman–Crippen MR) is 90.7 cm³/mol. The molecule has 1 amide bonds. The highest BCUT2D eigenvalue weighted by atomic mass is 16.3. The fourth-order valence-corrected chi connectivity index (χ4v) is 3.00. The second-order valence-corrected chi connectivity index (χ2v) is 6.61. The predicted octanol–water partition coefficient (Wildman–Crippen LogP) is 3.55. The lowest BCUT2D eigenvalue weighted by Crippen LogP contribution is -2.35. The van der Waals surface area contributed by atoms with Crippen LogP contribution >= 0.6 is 0 Å². The zero-order valence-electron chi connectivity index (χ0n) is 13.4. The van der Waals surface area contributed by atoms with Crippen LogP contribution in [0.1, 0.15) is 43.4 Å². The summed E-state index contributed by atoms with van der Waals surface area (Å²) < 4.78 is 0. The fraction of sp³-hybridized carbons (Fsp3) is 0.350. The third-order valence-electron chi connectivity index (χ3n) is 4.47. The molecule has 2 aromatic carbocycles. The molecule has 3 rings (SSSR count). The highest BCUT2D eigenvalue weighted by molar-refractivity contribution is 5.77. The van der Waals surface area contributed by atoms with Gasteiger partial charge in [-0.15, -0.1) is 0 Å². The first-order valence-electron chi connectivity index (χ1n) is 8.18. The molecule has 3 nitrogen and oxygen atoms in total. The van der Waals surface area contributed by atoms with Crippen LogP contribution in [0.4, 0.5) is 0 Å². The van der Waals surface area contributed by atoms with E-state index in [-0.39, 0.29) is 18.4 Å². The molecule has 23 heavy (non-hydrogen) atoms. The molecule has 1 aliphatic carbocycles. The second-order valence-electron chi connectivity index (χ2n) is 6.61. The summed E-state index contributed by atoms with van der Waals surface area (Å²) in [5.41, 5.74) is 0.747. The first-order valence-corrected chi connectivity index (χ1v) is 8.18. The van der Waals surface area contributed by atoms with E-state index in [1.165, 1.54) is 0 Å². The van der Waals surface area contributed by atoms with Crippen molar-refractivity contribution in [3.05, 3.63) is 71.8 Å². The topological polar surface area (TPSA) is 49.3 Å². The molecule has 1 saturated carbocycles. The Morgan fingerprint density at radius 2 is 1.70 bits per heavy atom. The Morgan fingerprint density at radius 3 is 2.26 bits per heavy atom. The van der Waals surface area contributed by atoms with Crippen molar-refractivity contribution in [2.24, 2.45) is 5.92 Å². The number of benzene rings is 2. The average molecular weight is 309 g/mol. The molecular weight excluding hydrogens is 286 g/mol. The van der Waals surface area contributed by atoms with E-state index in [0.29, 0.717) is 5.92 Å². The van der Waals surface area contributed by atoms with E-state index < -0.39 is 5.60 Å². The van der Waals surface area contributed by atoms with Gasteiger partial charge >= 0.3 is 0 Å². The summed E-state index contributed by atoms with van der Waals surface area (Å²) in [6, 6.07) is 19.5. The van der Waals surface area contributed by atoms with Crippen LogP contribution in [0.15, 0.2) is 60.7 Å². The van der Waals surface area contributed by atoms with Crippen LogP contribution in [0.3, 0.4) is 0 Å². The maximum absolute atomic E-state index is 12.5. The van der Waals surface area contributed by atoms with Gasteiger partial charge in [-0.25, -0.2) is 0 Å². The summed E-state index contributed by atoms with van der Waals surface area (Å²) in [5.74, 6) is 0.405. The van der Waals surface area contributed by atoms with Crippen molar-refractivity contribution >= 4 is 5.91 Å². The molecule has 0 radical (unpaired) electrons. The van der Waals surface area contributed by atoms with E-state index >= 15 is 0 Å². The number of rotatable bonds is 6. The van der Waals surface area contributed by atoms with Gasteiger partial charge in [-0.05, 0) is 36.8 Å². The van der Waals surface area contributed by atoms with E-state index in [0.717, 1.165) is 24.0 Å². The van der Waals surface area contributed by atoms with E-state index in [1.54, 1.807) is 6.92 Å². The van der Waals surface area contributed by atoms with Crippen molar-refractivity contribution in [3.8, 4) is 0 Å². The molecule has 2 unspecified atom stereocenters. The van der Waals surface area contributed by atoms with Crippen molar-refractivity contribution in [2.75, 3.05) is 0 Å². The van der Waals surface area contributed by atoms with Gasteiger partial charge in [-0.2, -0.15) is 0 Å². The minimum absolute atomic E-state index is 0.0512. The highest BCUT2D eigenvalue weighted by Crippen LogP contribution is 2.41. The Kier molecular flexibility index (Phi) is 4.49. The van der Waals surface area contributed by atoms with Gasteiger partial charge in [-0.1, -0.05) is 60.7 Å². The SMILES string of the molecule is CC(O)(CC(=O)NC(c1ccccc1)C1CC1)c1ccccc1. The van der Waals surface area contributed by atoms with Crippen molar-refractivity contribution in [2.45, 2.75) is 37.8 Å². The lowest BCUT2D eigenvalue weighted by atomic mass is 9.92. The summed E-state index contributed by atoms with van der Waals surface area (Å²) >= 11 is 0. The average Bonchev–Trinajstić information content (AvgIpc) is 3.39. The first kappa shape index (κ1) is 15.8. The Labute approximate surface area is 137 Å². The summed E-state index contributed by atoms with van der Waals surface area (Å²) in [6.07, 6.45) is 2.36. The number of nitrogens with one attached hydrogen (secondary N) is 1. The Bertz CT molecular complexity index is 648. The molecule has 0 spiro atoms. The largest absolute Gasteiger partial charge is 0.385 e. The van der Waals surface area contributed by atoms with Crippen molar-refractivity contribution in [1.29, 1.82) is 0 Å². The van der Waals surface area contributed by atoms with Gasteiger partial charge in [0.15, 0.2) is 0 Å². The van der Waals surface area contributed by atoms with Gasteiger partial charge in [0.25, 0.3) is 0 Å². The molecule has 0 heterocycles. The monoisotopic (exact) mass is 309 g/mol. The number of carbonyl (C=O) groups is 1. The quantitative estimate of drug-likeness (QED) is 0.857. The molecule has 2 aromatic rings. The van der Waals surface area contributed by atoms with E-state index in [1.807, 2.05) is 48.5 Å². The van der Waals surface area contributed by atoms with Crippen molar-refractivity contribution < 1.29 is 9.90 Å². The maximum atomic E-state index is 12.5. The van der Waals surface area contributed by atoms with Crippen LogP contribution in [0, 0.1) is 5.92 Å². The van der Waals surface area contributed by atoms with Crippen molar-refractivity contribution in [3.63, 3.8) is 0 Å². The van der Waals surface area contributed by atoms with Gasteiger partial charge < -0.3 is 10.4 Å². The molecule has 1 aliphatic rings. The molecule has 2 N–H and O–H groups in total. The normalized spacial score (nSPS) is 18.0. The van der Waals surface area contributed by atoms with Crippen LogP contribution in [0.2, 0.25) is 0 Å². The minimum atomic E-state index is -1.16.